The van der Waals surface area contributed by atoms with Crippen LogP contribution >= 0.6 is 11.6 Å². The van der Waals surface area contributed by atoms with Gasteiger partial charge in [0.2, 0.25) is 12.3 Å². The third-order valence-corrected chi connectivity index (χ3v) is 3.41. The van der Waals surface area contributed by atoms with Gasteiger partial charge in [0.1, 0.15) is 0 Å². The van der Waals surface area contributed by atoms with E-state index in [1.54, 1.807) is 29.2 Å². The SMILES string of the molecule is O=CN1CCC(C(=O)Nc2ccc(Cl)cc2)CC1. The van der Waals surface area contributed by atoms with Crippen LogP contribution < -0.4 is 5.32 Å². The van der Waals surface area contributed by atoms with Crippen LogP contribution in [0.25, 0.3) is 0 Å². The third-order valence-electron chi connectivity index (χ3n) is 3.16. The fraction of sp³-hybridized carbons (Fsp3) is 0.385. The Bertz CT molecular complexity index is 425. The Kier molecular flexibility index (Phi) is 4.20. The highest BCUT2D eigenvalue weighted by Gasteiger charge is 2.24. The number of piperidine rings is 1. The highest BCUT2D eigenvalue weighted by Crippen LogP contribution is 2.19. The summed E-state index contributed by atoms with van der Waals surface area (Å²) in [5, 5.41) is 3.51. The van der Waals surface area contributed by atoms with Gasteiger partial charge >= 0.3 is 0 Å². The first-order chi connectivity index (χ1) is 8.69. The van der Waals surface area contributed by atoms with Crippen molar-refractivity contribution in [3.8, 4) is 0 Å². The highest BCUT2D eigenvalue weighted by molar-refractivity contribution is 6.30. The molecule has 96 valence electrons. The van der Waals surface area contributed by atoms with Crippen LogP contribution in [0.2, 0.25) is 5.02 Å². The van der Waals surface area contributed by atoms with Crippen molar-refractivity contribution in [2.24, 2.45) is 5.92 Å². The molecule has 1 aliphatic rings. The molecule has 18 heavy (non-hydrogen) atoms. The van der Waals surface area contributed by atoms with E-state index in [4.69, 9.17) is 11.6 Å². The van der Waals surface area contributed by atoms with Crippen molar-refractivity contribution >= 4 is 29.6 Å². The maximum Gasteiger partial charge on any atom is 0.227 e. The molecule has 1 heterocycles. The van der Waals surface area contributed by atoms with Gasteiger partial charge in [-0.1, -0.05) is 11.6 Å². The molecule has 0 saturated carbocycles. The van der Waals surface area contributed by atoms with Crippen LogP contribution in [0.15, 0.2) is 24.3 Å². The lowest BCUT2D eigenvalue weighted by Gasteiger charge is -2.28. The number of hydrogen-bond acceptors (Lipinski definition) is 2. The first-order valence-electron chi connectivity index (χ1n) is 5.95. The fourth-order valence-corrected chi connectivity index (χ4v) is 2.17. The molecule has 1 fully saturated rings. The van der Waals surface area contributed by atoms with Crippen LogP contribution in [0, 0.1) is 5.92 Å². The number of benzene rings is 1. The molecule has 1 N–H and O–H groups in total. The molecule has 0 aromatic heterocycles. The summed E-state index contributed by atoms with van der Waals surface area (Å²) in [5.74, 6) is -0.000232. The molecule has 5 heteroatoms. The molecular weight excluding hydrogens is 252 g/mol. The Balaban J connectivity index is 1.88. The Labute approximate surface area is 111 Å². The zero-order valence-corrected chi connectivity index (χ0v) is 10.7. The van der Waals surface area contributed by atoms with E-state index in [1.165, 1.54) is 0 Å². The Morgan fingerprint density at radius 3 is 2.44 bits per heavy atom. The highest BCUT2D eigenvalue weighted by atomic mass is 35.5. The standard InChI is InChI=1S/C13H15ClN2O2/c14-11-1-3-12(4-2-11)15-13(18)10-5-7-16(9-17)8-6-10/h1-4,9-10H,5-8H2,(H,15,18). The van der Waals surface area contributed by atoms with Crippen molar-refractivity contribution in [1.29, 1.82) is 0 Å². The molecule has 1 saturated heterocycles. The first kappa shape index (κ1) is 12.9. The first-order valence-corrected chi connectivity index (χ1v) is 6.32. The molecule has 0 spiro atoms. The van der Waals surface area contributed by atoms with Crippen molar-refractivity contribution in [2.45, 2.75) is 12.8 Å². The van der Waals surface area contributed by atoms with Crippen LogP contribution in [-0.4, -0.2) is 30.3 Å². The second-order valence-electron chi connectivity index (χ2n) is 4.41. The Morgan fingerprint density at radius 1 is 1.28 bits per heavy atom. The number of nitrogens with one attached hydrogen (secondary N) is 1. The van der Waals surface area contributed by atoms with E-state index >= 15 is 0 Å². The Morgan fingerprint density at radius 2 is 1.89 bits per heavy atom. The molecule has 2 rings (SSSR count). The molecule has 1 aliphatic heterocycles. The predicted molar refractivity (Wildman–Crippen MR) is 70.4 cm³/mol. The molecule has 1 aromatic rings. The zero-order chi connectivity index (χ0) is 13.0. The maximum atomic E-state index is 12.0. The smallest absolute Gasteiger partial charge is 0.227 e. The summed E-state index contributed by atoms with van der Waals surface area (Å²) in [6.45, 7) is 1.31. The van der Waals surface area contributed by atoms with Crippen LogP contribution in [0.3, 0.4) is 0 Å². The molecule has 1 aromatic carbocycles. The minimum atomic E-state index is -0.0168. The van der Waals surface area contributed by atoms with E-state index in [2.05, 4.69) is 5.32 Å². The lowest BCUT2D eigenvalue weighted by molar-refractivity contribution is -0.125. The predicted octanol–water partition coefficient (Wildman–Crippen LogP) is 2.15. The molecule has 0 atom stereocenters. The van der Waals surface area contributed by atoms with E-state index in [0.29, 0.717) is 18.1 Å². The normalized spacial score (nSPS) is 16.4. The monoisotopic (exact) mass is 266 g/mol. The van der Waals surface area contributed by atoms with E-state index in [0.717, 1.165) is 24.9 Å². The molecule has 0 unspecified atom stereocenters. The lowest BCUT2D eigenvalue weighted by Crippen LogP contribution is -2.37. The lowest BCUT2D eigenvalue weighted by atomic mass is 9.96. The molecule has 2 amide bonds. The average molecular weight is 267 g/mol. The summed E-state index contributed by atoms with van der Waals surface area (Å²) < 4.78 is 0. The minimum Gasteiger partial charge on any atom is -0.345 e. The van der Waals surface area contributed by atoms with Gasteiger partial charge in [-0.3, -0.25) is 9.59 Å². The number of likely N-dealkylation sites (tertiary alicyclic amines) is 1. The second kappa shape index (κ2) is 5.87. The minimum absolute atomic E-state index is 0.0165. The number of hydrogen-bond donors (Lipinski definition) is 1. The van der Waals surface area contributed by atoms with Gasteiger partial charge in [0.05, 0.1) is 0 Å². The number of carbonyl (C=O) groups is 2. The summed E-state index contributed by atoms with van der Waals surface area (Å²) in [6, 6.07) is 7.04. The van der Waals surface area contributed by atoms with Gasteiger partial charge in [-0.25, -0.2) is 0 Å². The van der Waals surface area contributed by atoms with Crippen LogP contribution in [0.1, 0.15) is 12.8 Å². The number of carbonyl (C=O) groups excluding carboxylic acids is 2. The van der Waals surface area contributed by atoms with Gasteiger partial charge < -0.3 is 10.2 Å². The van der Waals surface area contributed by atoms with Crippen molar-refractivity contribution in [3.63, 3.8) is 0 Å². The van der Waals surface area contributed by atoms with E-state index < -0.39 is 0 Å². The number of anilines is 1. The van der Waals surface area contributed by atoms with Gasteiger partial charge in [-0.15, -0.1) is 0 Å². The molecular formula is C13H15ClN2O2. The average Bonchev–Trinajstić information content (AvgIpc) is 2.41. The fourth-order valence-electron chi connectivity index (χ4n) is 2.04. The number of nitrogens with zero attached hydrogens (tertiary/aromatic N) is 1. The third kappa shape index (κ3) is 3.23. The van der Waals surface area contributed by atoms with Crippen LogP contribution in [0.4, 0.5) is 5.69 Å². The van der Waals surface area contributed by atoms with Gasteiger partial charge in [0.15, 0.2) is 0 Å². The van der Waals surface area contributed by atoms with Crippen molar-refractivity contribution < 1.29 is 9.59 Å². The van der Waals surface area contributed by atoms with Gasteiger partial charge in [-0.2, -0.15) is 0 Å². The van der Waals surface area contributed by atoms with E-state index in [-0.39, 0.29) is 11.8 Å². The largest absolute Gasteiger partial charge is 0.345 e. The number of amides is 2. The maximum absolute atomic E-state index is 12.0. The van der Waals surface area contributed by atoms with Crippen molar-refractivity contribution in [3.05, 3.63) is 29.3 Å². The summed E-state index contributed by atoms with van der Waals surface area (Å²) in [6.07, 6.45) is 2.28. The zero-order valence-electron chi connectivity index (χ0n) is 9.93. The summed E-state index contributed by atoms with van der Waals surface area (Å²) >= 11 is 5.78. The van der Waals surface area contributed by atoms with E-state index in [1.807, 2.05) is 0 Å². The van der Waals surface area contributed by atoms with Gasteiger partial charge in [0.25, 0.3) is 0 Å². The number of rotatable bonds is 3. The van der Waals surface area contributed by atoms with Crippen molar-refractivity contribution in [1.82, 2.24) is 4.90 Å². The summed E-state index contributed by atoms with van der Waals surface area (Å²) in [5.41, 5.74) is 0.752. The molecule has 0 bridgehead atoms. The van der Waals surface area contributed by atoms with Crippen molar-refractivity contribution in [2.75, 3.05) is 18.4 Å². The summed E-state index contributed by atoms with van der Waals surface area (Å²) in [4.78, 5) is 24.3. The van der Waals surface area contributed by atoms with Crippen LogP contribution in [0.5, 0.6) is 0 Å². The molecule has 4 nitrogen and oxygen atoms in total. The molecule has 0 aliphatic carbocycles. The van der Waals surface area contributed by atoms with E-state index in [9.17, 15) is 9.59 Å². The summed E-state index contributed by atoms with van der Waals surface area (Å²) in [7, 11) is 0. The van der Waals surface area contributed by atoms with Gasteiger partial charge in [-0.05, 0) is 37.1 Å². The molecule has 0 radical (unpaired) electrons. The number of halogens is 1. The quantitative estimate of drug-likeness (QED) is 0.853. The second-order valence-corrected chi connectivity index (χ2v) is 4.85. The van der Waals surface area contributed by atoms with Gasteiger partial charge in [0, 0.05) is 29.7 Å². The topological polar surface area (TPSA) is 49.4 Å². The van der Waals surface area contributed by atoms with Crippen LogP contribution in [-0.2, 0) is 9.59 Å². The Hall–Kier alpha value is -1.55.